The van der Waals surface area contributed by atoms with Crippen LogP contribution in [0.2, 0.25) is 0 Å². The van der Waals surface area contributed by atoms with Crippen LogP contribution in [-0.4, -0.2) is 16.1 Å². The minimum atomic E-state index is -0.688. The molecule has 0 aliphatic heterocycles. The highest BCUT2D eigenvalue weighted by molar-refractivity contribution is 5.79. The van der Waals surface area contributed by atoms with Gasteiger partial charge in [-0.1, -0.05) is 54.6 Å². The summed E-state index contributed by atoms with van der Waals surface area (Å²) in [4.78, 5) is 12.8. The molecule has 0 saturated carbocycles. The summed E-state index contributed by atoms with van der Waals surface area (Å²) >= 11 is 0. The average molecular weight is 401 g/mol. The molecule has 5 nitrogen and oxygen atoms in total. The molecule has 0 aliphatic rings. The summed E-state index contributed by atoms with van der Waals surface area (Å²) in [5, 5.41) is 11.2. The zero-order valence-corrected chi connectivity index (χ0v) is 16.4. The number of rotatable bonds is 6. The van der Waals surface area contributed by atoms with Gasteiger partial charge in [-0.3, -0.25) is 4.79 Å². The van der Waals surface area contributed by atoms with E-state index in [1.165, 1.54) is 12.1 Å². The first-order valence-electron chi connectivity index (χ1n) is 9.58. The molecule has 0 bridgehead atoms. The predicted octanol–water partition coefficient (Wildman–Crippen LogP) is 4.63. The number of hydrogen-bond donors (Lipinski definition) is 1. The van der Waals surface area contributed by atoms with E-state index in [1.807, 2.05) is 61.5 Å². The molecular weight excluding hydrogens is 381 g/mol. The van der Waals surface area contributed by atoms with Crippen LogP contribution in [0, 0.1) is 12.7 Å². The number of carbonyl (C=O) groups is 1. The molecule has 1 amide bonds. The van der Waals surface area contributed by atoms with Gasteiger partial charge in [0.2, 0.25) is 17.7 Å². The van der Waals surface area contributed by atoms with Gasteiger partial charge >= 0.3 is 0 Å². The maximum Gasteiger partial charge on any atom is 0.247 e. The smallest absolute Gasteiger partial charge is 0.247 e. The van der Waals surface area contributed by atoms with E-state index < -0.39 is 6.04 Å². The molecule has 1 heterocycles. The third-order valence-corrected chi connectivity index (χ3v) is 4.83. The second kappa shape index (κ2) is 8.69. The first kappa shape index (κ1) is 19.5. The van der Waals surface area contributed by atoms with Gasteiger partial charge in [-0.25, -0.2) is 4.39 Å². The Morgan fingerprint density at radius 2 is 1.67 bits per heavy atom. The lowest BCUT2D eigenvalue weighted by atomic mass is 10.0. The van der Waals surface area contributed by atoms with Crippen molar-refractivity contribution in [1.82, 2.24) is 15.5 Å². The topological polar surface area (TPSA) is 68.0 Å². The van der Waals surface area contributed by atoms with E-state index in [4.69, 9.17) is 4.42 Å². The third-order valence-electron chi connectivity index (χ3n) is 4.83. The number of halogens is 1. The Morgan fingerprint density at radius 3 is 2.40 bits per heavy atom. The summed E-state index contributed by atoms with van der Waals surface area (Å²) in [6.07, 6.45) is 0.212. The standard InChI is InChI=1S/C24H20FN3O2/c1-16-7-5-6-10-19(16)15-21(29)26-22(17-11-13-20(25)14-12-17)24-28-27-23(30-24)18-8-3-2-4-9-18/h2-14,22H,15H2,1H3,(H,26,29)/t22-/m1/s1. The largest absolute Gasteiger partial charge is 0.418 e. The molecule has 0 spiro atoms. The van der Waals surface area contributed by atoms with Gasteiger partial charge < -0.3 is 9.73 Å². The number of amides is 1. The molecule has 0 radical (unpaired) electrons. The van der Waals surface area contributed by atoms with E-state index in [9.17, 15) is 9.18 Å². The Morgan fingerprint density at radius 1 is 0.967 bits per heavy atom. The summed E-state index contributed by atoms with van der Waals surface area (Å²) in [5.74, 6) is 0.0294. The van der Waals surface area contributed by atoms with Gasteiger partial charge in [-0.15, -0.1) is 10.2 Å². The van der Waals surface area contributed by atoms with E-state index in [0.717, 1.165) is 16.7 Å². The van der Waals surface area contributed by atoms with E-state index in [-0.39, 0.29) is 24.0 Å². The fraction of sp³-hybridized carbons (Fsp3) is 0.125. The number of nitrogens with one attached hydrogen (secondary N) is 1. The van der Waals surface area contributed by atoms with Crippen molar-refractivity contribution in [3.05, 3.63) is 107 Å². The summed E-state index contributed by atoms with van der Waals surface area (Å²) in [6, 6.07) is 22.3. The Labute approximate surface area is 173 Å². The highest BCUT2D eigenvalue weighted by atomic mass is 19.1. The van der Waals surface area contributed by atoms with Crippen molar-refractivity contribution in [1.29, 1.82) is 0 Å². The minimum Gasteiger partial charge on any atom is -0.418 e. The second-order valence-corrected chi connectivity index (χ2v) is 6.97. The van der Waals surface area contributed by atoms with Gasteiger partial charge in [0.1, 0.15) is 11.9 Å². The van der Waals surface area contributed by atoms with Crippen LogP contribution in [-0.2, 0) is 11.2 Å². The number of hydrogen-bond acceptors (Lipinski definition) is 4. The summed E-state index contributed by atoms with van der Waals surface area (Å²) in [5.41, 5.74) is 3.40. The Balaban J connectivity index is 1.62. The monoisotopic (exact) mass is 401 g/mol. The van der Waals surface area contributed by atoms with Gasteiger partial charge in [-0.05, 0) is 47.9 Å². The molecule has 0 saturated heterocycles. The van der Waals surface area contributed by atoms with Gasteiger partial charge in [0.15, 0.2) is 0 Å². The fourth-order valence-electron chi connectivity index (χ4n) is 3.18. The zero-order chi connectivity index (χ0) is 20.9. The molecule has 4 aromatic rings. The molecule has 0 fully saturated rings. The SMILES string of the molecule is Cc1ccccc1CC(=O)N[C@H](c1ccc(F)cc1)c1nnc(-c2ccccc2)o1. The number of nitrogens with zero attached hydrogens (tertiary/aromatic N) is 2. The van der Waals surface area contributed by atoms with Gasteiger partial charge in [0.05, 0.1) is 6.42 Å². The summed E-state index contributed by atoms with van der Waals surface area (Å²) in [7, 11) is 0. The van der Waals surface area contributed by atoms with Crippen LogP contribution in [0.1, 0.15) is 28.6 Å². The fourth-order valence-corrected chi connectivity index (χ4v) is 3.18. The van der Waals surface area contributed by atoms with Crippen molar-refractivity contribution in [3.63, 3.8) is 0 Å². The average Bonchev–Trinajstić information content (AvgIpc) is 3.25. The summed E-state index contributed by atoms with van der Waals surface area (Å²) < 4.78 is 19.3. The molecule has 150 valence electrons. The van der Waals surface area contributed by atoms with Gasteiger partial charge in [-0.2, -0.15) is 0 Å². The maximum atomic E-state index is 13.4. The number of aryl methyl sites for hydroxylation is 1. The Kier molecular flexibility index (Phi) is 5.66. The lowest BCUT2D eigenvalue weighted by molar-refractivity contribution is -0.121. The highest BCUT2D eigenvalue weighted by Gasteiger charge is 2.24. The quantitative estimate of drug-likeness (QED) is 0.511. The number of benzene rings is 3. The lowest BCUT2D eigenvalue weighted by Gasteiger charge is -2.16. The predicted molar refractivity (Wildman–Crippen MR) is 111 cm³/mol. The molecule has 6 heteroatoms. The van der Waals surface area contributed by atoms with Crippen molar-refractivity contribution < 1.29 is 13.6 Å². The Hall–Kier alpha value is -3.80. The molecule has 0 aliphatic carbocycles. The molecule has 1 aromatic heterocycles. The maximum absolute atomic E-state index is 13.4. The van der Waals surface area contributed by atoms with Crippen molar-refractivity contribution in [2.24, 2.45) is 0 Å². The molecule has 3 aromatic carbocycles. The van der Waals surface area contributed by atoms with Gasteiger partial charge in [0.25, 0.3) is 0 Å². The first-order valence-corrected chi connectivity index (χ1v) is 9.58. The Bertz CT molecular complexity index is 1140. The van der Waals surface area contributed by atoms with Crippen molar-refractivity contribution in [2.75, 3.05) is 0 Å². The van der Waals surface area contributed by atoms with E-state index in [0.29, 0.717) is 11.5 Å². The first-order chi connectivity index (χ1) is 14.6. The van der Waals surface area contributed by atoms with Crippen LogP contribution < -0.4 is 5.32 Å². The number of carbonyl (C=O) groups excluding carboxylic acids is 1. The summed E-state index contributed by atoms with van der Waals surface area (Å²) in [6.45, 7) is 1.96. The molecule has 1 N–H and O–H groups in total. The van der Waals surface area contributed by atoms with E-state index >= 15 is 0 Å². The van der Waals surface area contributed by atoms with E-state index in [1.54, 1.807) is 12.1 Å². The minimum absolute atomic E-state index is 0.196. The van der Waals surface area contributed by atoms with Crippen LogP contribution in [0.3, 0.4) is 0 Å². The number of aromatic nitrogens is 2. The van der Waals surface area contributed by atoms with Crippen LogP contribution in [0.4, 0.5) is 4.39 Å². The van der Waals surface area contributed by atoms with E-state index in [2.05, 4.69) is 15.5 Å². The van der Waals surface area contributed by atoms with Crippen LogP contribution in [0.15, 0.2) is 83.3 Å². The molecule has 4 rings (SSSR count). The van der Waals surface area contributed by atoms with Crippen molar-refractivity contribution >= 4 is 5.91 Å². The molecule has 1 atom stereocenters. The normalized spacial score (nSPS) is 11.8. The highest BCUT2D eigenvalue weighted by Crippen LogP contribution is 2.25. The molecule has 0 unspecified atom stereocenters. The molecule has 30 heavy (non-hydrogen) atoms. The second-order valence-electron chi connectivity index (χ2n) is 6.97. The third kappa shape index (κ3) is 4.43. The van der Waals surface area contributed by atoms with Crippen LogP contribution in [0.5, 0.6) is 0 Å². The van der Waals surface area contributed by atoms with Crippen molar-refractivity contribution in [3.8, 4) is 11.5 Å². The molecular formula is C24H20FN3O2. The van der Waals surface area contributed by atoms with Crippen LogP contribution in [0.25, 0.3) is 11.5 Å². The van der Waals surface area contributed by atoms with Crippen molar-refractivity contribution in [2.45, 2.75) is 19.4 Å². The van der Waals surface area contributed by atoms with Gasteiger partial charge in [0, 0.05) is 5.56 Å². The van der Waals surface area contributed by atoms with Crippen LogP contribution >= 0.6 is 0 Å². The lowest BCUT2D eigenvalue weighted by Crippen LogP contribution is -2.31. The zero-order valence-electron chi connectivity index (χ0n) is 16.4.